The summed E-state index contributed by atoms with van der Waals surface area (Å²) >= 11 is 5.99. The normalized spacial score (nSPS) is 15.8. The van der Waals surface area contributed by atoms with E-state index in [1.54, 1.807) is 4.31 Å². The largest absolute Gasteiger partial charge is 0.303 e. The Kier molecular flexibility index (Phi) is 9.08. The van der Waals surface area contributed by atoms with E-state index in [1.807, 2.05) is 54.6 Å². The van der Waals surface area contributed by atoms with Crippen molar-refractivity contribution in [3.05, 3.63) is 95.0 Å². The van der Waals surface area contributed by atoms with Gasteiger partial charge in [-0.05, 0) is 80.2 Å². The van der Waals surface area contributed by atoms with Crippen LogP contribution in [0.1, 0.15) is 24.0 Å². The third-order valence-electron chi connectivity index (χ3n) is 6.90. The van der Waals surface area contributed by atoms with E-state index in [0.29, 0.717) is 13.0 Å². The van der Waals surface area contributed by atoms with Crippen molar-refractivity contribution in [1.82, 2.24) is 9.21 Å². The van der Waals surface area contributed by atoms with Crippen LogP contribution in [0.4, 0.5) is 0 Å². The van der Waals surface area contributed by atoms with Crippen LogP contribution in [0.3, 0.4) is 0 Å². The molecule has 0 amide bonds. The predicted octanol–water partition coefficient (Wildman–Crippen LogP) is 4.68. The molecule has 0 spiro atoms. The summed E-state index contributed by atoms with van der Waals surface area (Å²) in [4.78, 5) is 2.40. The van der Waals surface area contributed by atoms with Crippen molar-refractivity contribution in [1.29, 1.82) is 0 Å². The minimum Gasteiger partial charge on any atom is -0.303 e. The van der Waals surface area contributed by atoms with Crippen LogP contribution in [0.5, 0.6) is 0 Å². The van der Waals surface area contributed by atoms with E-state index in [-0.39, 0.29) is 15.8 Å². The smallest absolute Gasteiger partial charge is 0.243 e. The molecule has 1 aliphatic rings. The van der Waals surface area contributed by atoms with E-state index >= 15 is 0 Å². The second-order valence-electron chi connectivity index (χ2n) is 9.55. The number of piperidine rings is 1. The van der Waals surface area contributed by atoms with E-state index in [4.69, 9.17) is 11.6 Å². The monoisotopic (exact) mass is 560 g/mol. The maximum absolute atomic E-state index is 13.9. The number of rotatable bonds is 10. The van der Waals surface area contributed by atoms with Crippen LogP contribution >= 0.6 is 11.6 Å². The molecule has 37 heavy (non-hydrogen) atoms. The van der Waals surface area contributed by atoms with Crippen LogP contribution in [0.15, 0.2) is 88.7 Å². The number of sulfone groups is 1. The summed E-state index contributed by atoms with van der Waals surface area (Å²) < 4.78 is 53.5. The van der Waals surface area contributed by atoms with Gasteiger partial charge in [0, 0.05) is 30.4 Å². The molecular weight excluding hydrogens is 528 g/mol. The van der Waals surface area contributed by atoms with E-state index in [1.165, 1.54) is 29.8 Å². The molecule has 0 bridgehead atoms. The van der Waals surface area contributed by atoms with Gasteiger partial charge in [-0.3, -0.25) is 0 Å². The van der Waals surface area contributed by atoms with E-state index < -0.39 is 19.9 Å². The zero-order valence-corrected chi connectivity index (χ0v) is 23.4. The second-order valence-corrected chi connectivity index (χ2v) is 13.9. The maximum Gasteiger partial charge on any atom is 0.243 e. The number of hydrogen-bond acceptors (Lipinski definition) is 5. The molecule has 1 fully saturated rings. The van der Waals surface area contributed by atoms with Crippen molar-refractivity contribution >= 4 is 31.5 Å². The summed E-state index contributed by atoms with van der Waals surface area (Å²) in [5.41, 5.74) is 2.29. The molecule has 4 rings (SSSR count). The molecular formula is C28H33ClN2O4S2. The molecule has 6 nitrogen and oxygen atoms in total. The quantitative estimate of drug-likeness (QED) is 0.360. The highest BCUT2D eigenvalue weighted by molar-refractivity contribution is 7.91. The molecule has 0 radical (unpaired) electrons. The SMILES string of the molecule is CS(=O)(=O)c1cccc(S(=O)(=O)N(CCc2ccccc2)C2CCN(CCc3ccc(Cl)cc3)CC2)c1. The zero-order valence-electron chi connectivity index (χ0n) is 21.0. The molecule has 198 valence electrons. The van der Waals surface area contributed by atoms with Crippen LogP contribution in [-0.2, 0) is 32.7 Å². The van der Waals surface area contributed by atoms with Gasteiger partial charge in [0.15, 0.2) is 9.84 Å². The van der Waals surface area contributed by atoms with Gasteiger partial charge in [0.2, 0.25) is 10.0 Å². The van der Waals surface area contributed by atoms with Crippen molar-refractivity contribution in [3.63, 3.8) is 0 Å². The lowest BCUT2D eigenvalue weighted by molar-refractivity contribution is 0.160. The first-order chi connectivity index (χ1) is 17.6. The summed E-state index contributed by atoms with van der Waals surface area (Å²) in [6.07, 6.45) is 4.03. The molecule has 0 saturated carbocycles. The highest BCUT2D eigenvalue weighted by Gasteiger charge is 2.34. The van der Waals surface area contributed by atoms with E-state index in [9.17, 15) is 16.8 Å². The van der Waals surface area contributed by atoms with Crippen molar-refractivity contribution in [2.24, 2.45) is 0 Å². The first kappa shape index (κ1) is 27.8. The topological polar surface area (TPSA) is 74.8 Å². The minimum atomic E-state index is -3.89. The number of benzene rings is 3. The van der Waals surface area contributed by atoms with Gasteiger partial charge in [0.05, 0.1) is 9.79 Å². The Labute approximate surface area is 225 Å². The van der Waals surface area contributed by atoms with Gasteiger partial charge < -0.3 is 4.90 Å². The molecule has 1 aliphatic heterocycles. The predicted molar refractivity (Wildman–Crippen MR) is 148 cm³/mol. The lowest BCUT2D eigenvalue weighted by Gasteiger charge is -2.38. The second kappa shape index (κ2) is 12.1. The van der Waals surface area contributed by atoms with E-state index in [2.05, 4.69) is 4.90 Å². The number of sulfonamides is 1. The van der Waals surface area contributed by atoms with Gasteiger partial charge in [0.1, 0.15) is 0 Å². The maximum atomic E-state index is 13.9. The van der Waals surface area contributed by atoms with Gasteiger partial charge in [-0.1, -0.05) is 60.1 Å². The number of halogens is 1. The molecule has 3 aromatic carbocycles. The van der Waals surface area contributed by atoms with Gasteiger partial charge >= 0.3 is 0 Å². The highest BCUT2D eigenvalue weighted by atomic mass is 35.5. The van der Waals surface area contributed by atoms with Crippen molar-refractivity contribution in [3.8, 4) is 0 Å². The summed E-state index contributed by atoms with van der Waals surface area (Å²) in [7, 11) is -7.42. The fourth-order valence-corrected chi connectivity index (χ4v) is 7.35. The van der Waals surface area contributed by atoms with Gasteiger partial charge in [-0.15, -0.1) is 0 Å². The lowest BCUT2D eigenvalue weighted by Crippen LogP contribution is -2.48. The molecule has 0 N–H and O–H groups in total. The number of hydrogen-bond donors (Lipinski definition) is 0. The van der Waals surface area contributed by atoms with Gasteiger partial charge in [-0.2, -0.15) is 4.31 Å². The summed E-state index contributed by atoms with van der Waals surface area (Å²) in [5.74, 6) is 0. The molecule has 9 heteroatoms. The van der Waals surface area contributed by atoms with Crippen molar-refractivity contribution < 1.29 is 16.8 Å². The Hall–Kier alpha value is -2.23. The Morgan fingerprint density at radius 3 is 2.08 bits per heavy atom. The van der Waals surface area contributed by atoms with Crippen LogP contribution in [-0.4, -0.2) is 64.5 Å². The Morgan fingerprint density at radius 1 is 0.811 bits per heavy atom. The van der Waals surface area contributed by atoms with Crippen LogP contribution in [0, 0.1) is 0 Å². The van der Waals surface area contributed by atoms with Gasteiger partial charge in [-0.25, -0.2) is 16.8 Å². The zero-order chi connectivity index (χ0) is 26.5. The fraction of sp³-hybridized carbons (Fsp3) is 0.357. The molecule has 1 heterocycles. The first-order valence-electron chi connectivity index (χ1n) is 12.5. The Morgan fingerprint density at radius 2 is 1.43 bits per heavy atom. The van der Waals surface area contributed by atoms with Crippen LogP contribution < -0.4 is 0 Å². The summed E-state index contributed by atoms with van der Waals surface area (Å²) in [5, 5.41) is 0.725. The third kappa shape index (κ3) is 7.42. The van der Waals surface area contributed by atoms with E-state index in [0.717, 1.165) is 55.7 Å². The summed E-state index contributed by atoms with van der Waals surface area (Å²) in [6, 6.07) is 23.2. The fourth-order valence-electron chi connectivity index (χ4n) is 4.75. The third-order valence-corrected chi connectivity index (χ3v) is 10.2. The molecule has 0 atom stereocenters. The Balaban J connectivity index is 1.49. The standard InChI is InChI=1S/C28H33ClN2O4S2/c1-36(32,33)27-8-5-9-28(22-27)37(34,35)31(21-15-23-6-3-2-4-7-23)26-16-19-30(20-17-26)18-14-24-10-12-25(29)13-11-24/h2-13,22,26H,14-21H2,1H3. The molecule has 0 aromatic heterocycles. The Bertz CT molecular complexity index is 1390. The van der Waals surface area contributed by atoms with Crippen LogP contribution in [0.2, 0.25) is 5.02 Å². The summed E-state index contributed by atoms with van der Waals surface area (Å²) in [6.45, 7) is 2.85. The molecule has 3 aromatic rings. The number of likely N-dealkylation sites (tertiary alicyclic amines) is 1. The minimum absolute atomic E-state index is 0.00797. The molecule has 1 saturated heterocycles. The highest BCUT2D eigenvalue weighted by Crippen LogP contribution is 2.27. The number of nitrogens with zero attached hydrogens (tertiary/aromatic N) is 2. The molecule has 0 unspecified atom stereocenters. The lowest BCUT2D eigenvalue weighted by atomic mass is 10.0. The first-order valence-corrected chi connectivity index (χ1v) is 16.2. The van der Waals surface area contributed by atoms with Crippen molar-refractivity contribution in [2.75, 3.05) is 32.4 Å². The van der Waals surface area contributed by atoms with Crippen LogP contribution in [0.25, 0.3) is 0 Å². The van der Waals surface area contributed by atoms with Gasteiger partial charge in [0.25, 0.3) is 0 Å². The molecule has 0 aliphatic carbocycles. The average Bonchev–Trinajstić information content (AvgIpc) is 2.89. The van der Waals surface area contributed by atoms with Crippen molar-refractivity contribution in [2.45, 2.75) is 41.5 Å². The average molecular weight is 561 g/mol.